The summed E-state index contributed by atoms with van der Waals surface area (Å²) in [6, 6.07) is 17.3. The summed E-state index contributed by atoms with van der Waals surface area (Å²) >= 11 is 0. The highest BCUT2D eigenvalue weighted by atomic mass is 32.2. The first-order chi connectivity index (χ1) is 10.1. The molecule has 0 aliphatic carbocycles. The third kappa shape index (κ3) is 1.65. The second kappa shape index (κ2) is 4.14. The summed E-state index contributed by atoms with van der Waals surface area (Å²) in [6.45, 7) is 0. The minimum Gasteiger partial charge on any atom is -0.257 e. The fourth-order valence-corrected chi connectivity index (χ4v) is 3.84. The number of rotatable bonds is 2. The Kier molecular flexibility index (Phi) is 2.47. The van der Waals surface area contributed by atoms with Gasteiger partial charge in [-0.3, -0.25) is 5.84 Å². The van der Waals surface area contributed by atoms with Crippen LogP contribution < -0.4 is 10.7 Å². The van der Waals surface area contributed by atoms with Crippen molar-refractivity contribution in [3.05, 3.63) is 54.6 Å². The normalized spacial score (nSPS) is 12.6. The van der Waals surface area contributed by atoms with Crippen molar-refractivity contribution >= 4 is 42.3 Å². The first-order valence-electron chi connectivity index (χ1n) is 6.51. The molecule has 0 heterocycles. The molecule has 0 aromatic heterocycles. The maximum atomic E-state index is 12.1. The third-order valence-corrected chi connectivity index (χ3v) is 5.18. The zero-order valence-electron chi connectivity index (χ0n) is 11.0. The van der Waals surface area contributed by atoms with E-state index < -0.39 is 10.0 Å². The Morgan fingerprint density at radius 1 is 0.762 bits per heavy atom. The van der Waals surface area contributed by atoms with Crippen LogP contribution in [0.5, 0.6) is 0 Å². The van der Waals surface area contributed by atoms with Crippen LogP contribution in [0.1, 0.15) is 0 Å². The molecular formula is C16H12N2O2S. The second-order valence-electron chi connectivity index (χ2n) is 5.04. The van der Waals surface area contributed by atoms with Gasteiger partial charge in [-0.25, -0.2) is 8.42 Å². The van der Waals surface area contributed by atoms with Gasteiger partial charge in [-0.15, -0.1) is 0 Å². The van der Waals surface area contributed by atoms with Crippen LogP contribution in [0.25, 0.3) is 32.3 Å². The van der Waals surface area contributed by atoms with Crippen molar-refractivity contribution in [2.45, 2.75) is 4.90 Å². The lowest BCUT2D eigenvalue weighted by atomic mass is 9.94. The minimum atomic E-state index is -3.70. The van der Waals surface area contributed by atoms with Gasteiger partial charge in [0.1, 0.15) is 0 Å². The molecule has 21 heavy (non-hydrogen) atoms. The van der Waals surface area contributed by atoms with Crippen molar-refractivity contribution in [3.8, 4) is 0 Å². The van der Waals surface area contributed by atoms with E-state index in [1.54, 1.807) is 6.07 Å². The van der Waals surface area contributed by atoms with Crippen LogP contribution in [0.4, 0.5) is 0 Å². The quantitative estimate of drug-likeness (QED) is 0.339. The van der Waals surface area contributed by atoms with Crippen LogP contribution in [-0.2, 0) is 10.0 Å². The molecule has 5 heteroatoms. The molecular weight excluding hydrogens is 284 g/mol. The molecule has 0 atom stereocenters. The largest absolute Gasteiger partial charge is 0.257 e. The monoisotopic (exact) mass is 296 g/mol. The Balaban J connectivity index is 2.32. The SMILES string of the molecule is NNS(=O)(=O)c1ccc2ccc3cccc4ccc1c2c34. The molecule has 4 aromatic carbocycles. The number of hydrogen-bond acceptors (Lipinski definition) is 3. The Morgan fingerprint density at radius 2 is 1.33 bits per heavy atom. The highest BCUT2D eigenvalue weighted by molar-refractivity contribution is 7.89. The van der Waals surface area contributed by atoms with E-state index in [0.29, 0.717) is 5.39 Å². The van der Waals surface area contributed by atoms with E-state index in [-0.39, 0.29) is 4.90 Å². The summed E-state index contributed by atoms with van der Waals surface area (Å²) in [4.78, 5) is 2.11. The molecule has 0 bridgehead atoms. The summed E-state index contributed by atoms with van der Waals surface area (Å²) < 4.78 is 24.2. The molecule has 0 amide bonds. The van der Waals surface area contributed by atoms with Crippen LogP contribution >= 0.6 is 0 Å². The first-order valence-corrected chi connectivity index (χ1v) is 7.99. The van der Waals surface area contributed by atoms with Gasteiger partial charge in [-0.2, -0.15) is 4.83 Å². The van der Waals surface area contributed by atoms with Crippen molar-refractivity contribution in [1.29, 1.82) is 0 Å². The van der Waals surface area contributed by atoms with E-state index in [2.05, 4.69) is 6.07 Å². The van der Waals surface area contributed by atoms with E-state index in [4.69, 9.17) is 5.84 Å². The van der Waals surface area contributed by atoms with Gasteiger partial charge in [0.05, 0.1) is 4.90 Å². The third-order valence-electron chi connectivity index (χ3n) is 3.93. The molecule has 0 saturated heterocycles. The predicted molar refractivity (Wildman–Crippen MR) is 84.7 cm³/mol. The van der Waals surface area contributed by atoms with Gasteiger partial charge in [-0.1, -0.05) is 48.5 Å². The van der Waals surface area contributed by atoms with Gasteiger partial charge < -0.3 is 0 Å². The van der Waals surface area contributed by atoms with Crippen LogP contribution in [0.3, 0.4) is 0 Å². The Hall–Kier alpha value is -2.21. The average Bonchev–Trinajstić information content (AvgIpc) is 2.52. The molecule has 0 spiro atoms. The highest BCUT2D eigenvalue weighted by Crippen LogP contribution is 2.36. The molecule has 4 nitrogen and oxygen atoms in total. The summed E-state index contributed by atoms with van der Waals surface area (Å²) in [5.74, 6) is 5.17. The van der Waals surface area contributed by atoms with Crippen molar-refractivity contribution in [1.82, 2.24) is 4.83 Å². The van der Waals surface area contributed by atoms with E-state index in [1.165, 1.54) is 0 Å². The molecule has 3 N–H and O–H groups in total. The van der Waals surface area contributed by atoms with Crippen molar-refractivity contribution in [2.24, 2.45) is 5.84 Å². The van der Waals surface area contributed by atoms with Crippen molar-refractivity contribution in [2.75, 3.05) is 0 Å². The number of nitrogens with two attached hydrogens (primary N) is 1. The maximum absolute atomic E-state index is 12.1. The summed E-state index contributed by atoms with van der Waals surface area (Å²) in [5.41, 5.74) is 0. The van der Waals surface area contributed by atoms with E-state index >= 15 is 0 Å². The van der Waals surface area contributed by atoms with Crippen molar-refractivity contribution in [3.63, 3.8) is 0 Å². The predicted octanol–water partition coefficient (Wildman–Crippen LogP) is 2.74. The molecule has 0 radical (unpaired) electrons. The van der Waals surface area contributed by atoms with Crippen LogP contribution in [0.2, 0.25) is 0 Å². The van der Waals surface area contributed by atoms with Crippen LogP contribution in [0, 0.1) is 0 Å². The van der Waals surface area contributed by atoms with Crippen LogP contribution in [-0.4, -0.2) is 8.42 Å². The summed E-state index contributed by atoms with van der Waals surface area (Å²) in [7, 11) is -3.70. The molecule has 4 rings (SSSR count). The maximum Gasteiger partial charge on any atom is 0.253 e. The lowest BCUT2D eigenvalue weighted by Crippen LogP contribution is -2.30. The second-order valence-corrected chi connectivity index (χ2v) is 6.72. The molecule has 0 aliphatic heterocycles. The smallest absolute Gasteiger partial charge is 0.253 e. The van der Waals surface area contributed by atoms with Gasteiger partial charge in [0.25, 0.3) is 10.0 Å². The topological polar surface area (TPSA) is 72.2 Å². The molecule has 0 aliphatic rings. The number of hydrazine groups is 1. The van der Waals surface area contributed by atoms with Gasteiger partial charge in [-0.05, 0) is 33.0 Å². The zero-order chi connectivity index (χ0) is 14.6. The van der Waals surface area contributed by atoms with E-state index in [0.717, 1.165) is 26.9 Å². The molecule has 4 aromatic rings. The number of benzene rings is 4. The van der Waals surface area contributed by atoms with Gasteiger partial charge in [0, 0.05) is 5.39 Å². The zero-order valence-corrected chi connectivity index (χ0v) is 11.8. The number of hydrogen-bond donors (Lipinski definition) is 2. The summed E-state index contributed by atoms with van der Waals surface area (Å²) in [6.07, 6.45) is 0. The average molecular weight is 296 g/mol. The van der Waals surface area contributed by atoms with Gasteiger partial charge >= 0.3 is 0 Å². The lowest BCUT2D eigenvalue weighted by molar-refractivity contribution is 0.585. The first kappa shape index (κ1) is 12.5. The number of nitrogens with one attached hydrogen (secondary N) is 1. The van der Waals surface area contributed by atoms with E-state index in [1.807, 2.05) is 47.3 Å². The van der Waals surface area contributed by atoms with Gasteiger partial charge in [0.15, 0.2) is 0 Å². The lowest BCUT2D eigenvalue weighted by Gasteiger charge is -2.13. The standard InChI is InChI=1S/C16H12N2O2S/c17-18-21(19,20)14-9-7-12-5-4-10-2-1-3-11-6-8-13(14)16(12)15(10)11/h1-9,18H,17H2. The molecule has 0 unspecified atom stereocenters. The Morgan fingerprint density at radius 3 is 2.00 bits per heavy atom. The minimum absolute atomic E-state index is 0.204. The molecule has 0 fully saturated rings. The van der Waals surface area contributed by atoms with Gasteiger partial charge in [0.2, 0.25) is 0 Å². The number of sulfonamides is 1. The Bertz CT molecular complexity index is 1070. The van der Waals surface area contributed by atoms with E-state index in [9.17, 15) is 8.42 Å². The molecule has 104 valence electrons. The molecule has 0 saturated carbocycles. The highest BCUT2D eigenvalue weighted by Gasteiger charge is 2.18. The summed E-state index contributed by atoms with van der Waals surface area (Å²) in [5, 5.41) is 5.95. The fraction of sp³-hybridized carbons (Fsp3) is 0. The van der Waals surface area contributed by atoms with Crippen molar-refractivity contribution < 1.29 is 8.42 Å². The Labute approximate surface area is 121 Å². The fourth-order valence-electron chi connectivity index (χ4n) is 3.01. The van der Waals surface area contributed by atoms with Crippen LogP contribution in [0.15, 0.2) is 59.5 Å².